The zero-order chi connectivity index (χ0) is 10.5. The van der Waals surface area contributed by atoms with Gasteiger partial charge in [0.2, 0.25) is 0 Å². The molecule has 2 nitrogen and oxygen atoms in total. The molecule has 76 valence electrons. The summed E-state index contributed by atoms with van der Waals surface area (Å²) in [4.78, 5) is 9.00. The molecule has 0 atom stereocenters. The van der Waals surface area contributed by atoms with Crippen molar-refractivity contribution in [3.63, 3.8) is 0 Å². The molecule has 0 unspecified atom stereocenters. The van der Waals surface area contributed by atoms with Crippen molar-refractivity contribution in [2.75, 3.05) is 0 Å². The summed E-state index contributed by atoms with van der Waals surface area (Å²) >= 11 is 1.72. The molecule has 0 N–H and O–H groups in total. The lowest BCUT2D eigenvalue weighted by Gasteiger charge is -2.05. The third kappa shape index (κ3) is 0.913. The lowest BCUT2D eigenvalue weighted by molar-refractivity contribution is 1.47. The van der Waals surface area contributed by atoms with E-state index in [0.29, 0.717) is 0 Å². The Morgan fingerprint density at radius 3 is 2.94 bits per heavy atom. The van der Waals surface area contributed by atoms with Gasteiger partial charge in [-0.25, -0.2) is 4.98 Å². The van der Waals surface area contributed by atoms with Crippen LogP contribution in [-0.2, 0) is 6.42 Å². The molecule has 0 aliphatic carbocycles. The van der Waals surface area contributed by atoms with E-state index in [1.165, 1.54) is 21.0 Å². The van der Waals surface area contributed by atoms with E-state index in [1.807, 2.05) is 11.7 Å². The minimum absolute atomic E-state index is 0.943. The van der Waals surface area contributed by atoms with Crippen molar-refractivity contribution in [1.82, 2.24) is 4.98 Å². The van der Waals surface area contributed by atoms with Crippen LogP contribution in [0.2, 0.25) is 0 Å². The summed E-state index contributed by atoms with van der Waals surface area (Å²) in [6.07, 6.45) is 2.94. The topological polar surface area (TPSA) is 25.2 Å². The highest BCUT2D eigenvalue weighted by molar-refractivity contribution is 7.17. The first-order chi connectivity index (χ1) is 7.95. The molecule has 0 fully saturated rings. The lowest BCUT2D eigenvalue weighted by Crippen LogP contribution is -1.83. The molecule has 1 aliphatic heterocycles. The summed E-state index contributed by atoms with van der Waals surface area (Å²) in [5, 5.41) is 2.45. The van der Waals surface area contributed by atoms with Crippen molar-refractivity contribution >= 4 is 44.2 Å². The molecule has 0 saturated carbocycles. The van der Waals surface area contributed by atoms with Crippen molar-refractivity contribution in [3.8, 4) is 0 Å². The van der Waals surface area contributed by atoms with Crippen LogP contribution in [0.1, 0.15) is 5.56 Å². The number of aliphatic imine (C=N–C) groups is 1. The van der Waals surface area contributed by atoms with Crippen molar-refractivity contribution < 1.29 is 0 Å². The summed E-state index contributed by atoms with van der Waals surface area (Å²) in [5.41, 5.74) is 5.55. The van der Waals surface area contributed by atoms with Crippen LogP contribution < -0.4 is 0 Å². The van der Waals surface area contributed by atoms with Gasteiger partial charge in [-0.2, -0.15) is 0 Å². The third-order valence-electron chi connectivity index (χ3n) is 3.08. The fourth-order valence-electron chi connectivity index (χ4n) is 2.38. The highest BCUT2D eigenvalue weighted by atomic mass is 32.1. The van der Waals surface area contributed by atoms with E-state index in [9.17, 15) is 0 Å². The van der Waals surface area contributed by atoms with E-state index in [2.05, 4.69) is 34.2 Å². The highest BCUT2D eigenvalue weighted by Crippen LogP contribution is 2.41. The molecule has 16 heavy (non-hydrogen) atoms. The molecule has 0 amide bonds. The first-order valence-corrected chi connectivity index (χ1v) is 6.12. The van der Waals surface area contributed by atoms with Gasteiger partial charge in [0.15, 0.2) is 0 Å². The maximum Gasteiger partial charge on any atom is 0.0894 e. The fraction of sp³-hybridized carbons (Fsp3) is 0.0769. The SMILES string of the molecule is C1=Nc2c(c3scnc3c3ccccc23)C1. The van der Waals surface area contributed by atoms with Crippen LogP contribution in [0.25, 0.3) is 21.0 Å². The Labute approximate surface area is 96.3 Å². The second kappa shape index (κ2) is 2.89. The molecule has 2 heterocycles. The number of hydrogen-bond acceptors (Lipinski definition) is 3. The number of nitrogens with zero attached hydrogens (tertiary/aromatic N) is 2. The van der Waals surface area contributed by atoms with Gasteiger partial charge >= 0.3 is 0 Å². The average molecular weight is 224 g/mol. The third-order valence-corrected chi connectivity index (χ3v) is 3.97. The summed E-state index contributed by atoms with van der Waals surface area (Å²) < 4.78 is 1.30. The molecule has 1 aromatic heterocycles. The Morgan fingerprint density at radius 1 is 1.12 bits per heavy atom. The van der Waals surface area contributed by atoms with E-state index in [1.54, 1.807) is 11.3 Å². The van der Waals surface area contributed by atoms with Crippen LogP contribution in [0, 0.1) is 0 Å². The number of fused-ring (bicyclic) bond motifs is 6. The standard InChI is InChI=1S/C13H8N2S/c1-2-4-9-8(3-1)11-10(5-6-14-11)13-12(9)15-7-16-13/h1-4,6-7H,5H2. The molecular formula is C13H8N2S. The van der Waals surface area contributed by atoms with Gasteiger partial charge in [0.25, 0.3) is 0 Å². The van der Waals surface area contributed by atoms with Gasteiger partial charge in [-0.15, -0.1) is 11.3 Å². The molecule has 0 radical (unpaired) electrons. The summed E-state index contributed by atoms with van der Waals surface area (Å²) in [6.45, 7) is 0. The van der Waals surface area contributed by atoms with Gasteiger partial charge in [0.1, 0.15) is 0 Å². The van der Waals surface area contributed by atoms with E-state index >= 15 is 0 Å². The van der Waals surface area contributed by atoms with Crippen molar-refractivity contribution in [3.05, 3.63) is 35.3 Å². The van der Waals surface area contributed by atoms with Crippen LogP contribution in [0.4, 0.5) is 5.69 Å². The van der Waals surface area contributed by atoms with Crippen LogP contribution >= 0.6 is 11.3 Å². The van der Waals surface area contributed by atoms with Crippen LogP contribution in [0.3, 0.4) is 0 Å². The van der Waals surface area contributed by atoms with E-state index in [0.717, 1.165) is 17.6 Å². The molecule has 1 aliphatic rings. The quantitative estimate of drug-likeness (QED) is 0.571. The summed E-state index contributed by atoms with van der Waals surface area (Å²) in [7, 11) is 0. The number of rotatable bonds is 0. The Bertz CT molecular complexity index is 740. The Kier molecular flexibility index (Phi) is 1.52. The number of benzene rings is 2. The normalized spacial score (nSPS) is 13.8. The maximum absolute atomic E-state index is 4.51. The Morgan fingerprint density at radius 2 is 2.00 bits per heavy atom. The van der Waals surface area contributed by atoms with E-state index in [4.69, 9.17) is 0 Å². The minimum atomic E-state index is 0.943. The number of aromatic nitrogens is 1. The van der Waals surface area contributed by atoms with Gasteiger partial charge in [0.05, 0.1) is 21.4 Å². The van der Waals surface area contributed by atoms with E-state index < -0.39 is 0 Å². The smallest absolute Gasteiger partial charge is 0.0894 e. The molecule has 4 rings (SSSR count). The maximum atomic E-state index is 4.51. The average Bonchev–Trinajstić information content (AvgIpc) is 2.98. The van der Waals surface area contributed by atoms with Gasteiger partial charge in [0, 0.05) is 29.0 Å². The molecule has 3 aromatic rings. The molecule has 0 spiro atoms. The van der Waals surface area contributed by atoms with Crippen LogP contribution in [0.5, 0.6) is 0 Å². The van der Waals surface area contributed by atoms with Crippen molar-refractivity contribution in [1.29, 1.82) is 0 Å². The number of thiazole rings is 1. The number of hydrogen-bond donors (Lipinski definition) is 0. The first kappa shape index (κ1) is 8.42. The van der Waals surface area contributed by atoms with Crippen molar-refractivity contribution in [2.45, 2.75) is 6.42 Å². The molecule has 0 bridgehead atoms. The Balaban J connectivity index is 2.39. The van der Waals surface area contributed by atoms with Crippen molar-refractivity contribution in [2.24, 2.45) is 4.99 Å². The summed E-state index contributed by atoms with van der Waals surface area (Å²) in [6, 6.07) is 8.39. The van der Waals surface area contributed by atoms with Gasteiger partial charge in [-0.05, 0) is 0 Å². The molecule has 3 heteroatoms. The second-order valence-electron chi connectivity index (χ2n) is 3.92. The minimum Gasteiger partial charge on any atom is -0.260 e. The van der Waals surface area contributed by atoms with Crippen LogP contribution in [0.15, 0.2) is 34.8 Å². The van der Waals surface area contributed by atoms with Crippen LogP contribution in [-0.4, -0.2) is 11.2 Å². The fourth-order valence-corrected chi connectivity index (χ4v) is 3.24. The predicted molar refractivity (Wildman–Crippen MR) is 69.0 cm³/mol. The van der Waals surface area contributed by atoms with E-state index in [-0.39, 0.29) is 0 Å². The van der Waals surface area contributed by atoms with Gasteiger partial charge in [-0.1, -0.05) is 24.3 Å². The lowest BCUT2D eigenvalue weighted by atomic mass is 10.0. The largest absolute Gasteiger partial charge is 0.260 e. The molecular weight excluding hydrogens is 216 g/mol. The predicted octanol–water partition coefficient (Wildman–Crippen LogP) is 3.71. The zero-order valence-electron chi connectivity index (χ0n) is 8.47. The zero-order valence-corrected chi connectivity index (χ0v) is 9.29. The Hall–Kier alpha value is -1.74. The monoisotopic (exact) mass is 224 g/mol. The molecule has 2 aromatic carbocycles. The second-order valence-corrected chi connectivity index (χ2v) is 4.77. The summed E-state index contributed by atoms with van der Waals surface area (Å²) in [5.74, 6) is 0. The van der Waals surface area contributed by atoms with Gasteiger partial charge < -0.3 is 0 Å². The van der Waals surface area contributed by atoms with Gasteiger partial charge in [-0.3, -0.25) is 4.99 Å². The first-order valence-electron chi connectivity index (χ1n) is 5.24. The molecule has 0 saturated heterocycles. The highest BCUT2D eigenvalue weighted by Gasteiger charge is 2.17.